The second-order valence-corrected chi connectivity index (χ2v) is 7.55. The van der Waals surface area contributed by atoms with Crippen LogP contribution < -0.4 is 15.8 Å². The molecule has 3 rings (SSSR count). The minimum absolute atomic E-state index is 0. The second-order valence-electron chi connectivity index (χ2n) is 7.55. The van der Waals surface area contributed by atoms with E-state index in [0.29, 0.717) is 32.0 Å². The molecule has 0 spiro atoms. The Morgan fingerprint density at radius 3 is 2.39 bits per heavy atom. The van der Waals surface area contributed by atoms with Gasteiger partial charge in [0.2, 0.25) is 5.91 Å². The molecule has 0 bridgehead atoms. The van der Waals surface area contributed by atoms with Gasteiger partial charge in [-0.3, -0.25) is 9.69 Å². The van der Waals surface area contributed by atoms with Gasteiger partial charge in [0.15, 0.2) is 0 Å². The molecule has 2 heterocycles. The number of amides is 1. The number of carbonyl (C=O) groups excluding carboxylic acids is 1. The van der Waals surface area contributed by atoms with Crippen molar-refractivity contribution in [3.05, 3.63) is 29.8 Å². The lowest BCUT2D eigenvalue weighted by Crippen LogP contribution is -2.57. The van der Waals surface area contributed by atoms with Gasteiger partial charge in [0.25, 0.3) is 0 Å². The van der Waals surface area contributed by atoms with Crippen molar-refractivity contribution >= 4 is 30.7 Å². The summed E-state index contributed by atoms with van der Waals surface area (Å²) in [5, 5.41) is 3.09. The number of nitrogens with one attached hydrogen (secondary N) is 1. The van der Waals surface area contributed by atoms with Crippen LogP contribution >= 0.6 is 24.8 Å². The summed E-state index contributed by atoms with van der Waals surface area (Å²) in [6.45, 7) is 4.98. The van der Waals surface area contributed by atoms with Gasteiger partial charge in [0, 0.05) is 26.3 Å². The summed E-state index contributed by atoms with van der Waals surface area (Å²) in [5.41, 5.74) is 6.80. The number of nitrogens with zero attached hydrogens (tertiary/aromatic N) is 1. The van der Waals surface area contributed by atoms with Crippen LogP contribution in [0.25, 0.3) is 0 Å². The maximum Gasteiger partial charge on any atom is 0.240 e. The third kappa shape index (κ3) is 6.78. The van der Waals surface area contributed by atoms with Gasteiger partial charge < -0.3 is 20.5 Å². The lowest BCUT2D eigenvalue weighted by Gasteiger charge is -2.34. The molecule has 2 saturated heterocycles. The SMILES string of the molecule is COc1ccc(CN2CCC(CNC(=O)C3(N)CCOCC3)CC2)cc1.Cl.Cl. The number of nitrogens with two attached hydrogens (primary N) is 1. The molecule has 0 saturated carbocycles. The Bertz CT molecular complexity index is 587. The van der Waals surface area contributed by atoms with Crippen LogP contribution in [-0.2, 0) is 16.1 Å². The Labute approximate surface area is 180 Å². The van der Waals surface area contributed by atoms with Gasteiger partial charge in [-0.2, -0.15) is 0 Å². The van der Waals surface area contributed by atoms with E-state index in [4.69, 9.17) is 15.2 Å². The van der Waals surface area contributed by atoms with Crippen molar-refractivity contribution in [2.75, 3.05) is 40.0 Å². The van der Waals surface area contributed by atoms with Crippen LogP contribution in [0.1, 0.15) is 31.2 Å². The topological polar surface area (TPSA) is 76.8 Å². The van der Waals surface area contributed by atoms with Crippen LogP contribution in [0.3, 0.4) is 0 Å². The highest BCUT2D eigenvalue weighted by Gasteiger charge is 2.36. The number of hydrogen-bond acceptors (Lipinski definition) is 5. The minimum Gasteiger partial charge on any atom is -0.497 e. The number of methoxy groups -OCH3 is 1. The number of ether oxygens (including phenoxy) is 2. The van der Waals surface area contributed by atoms with Crippen LogP contribution in [0, 0.1) is 5.92 Å². The Kier molecular flexibility index (Phi) is 10.6. The standard InChI is InChI=1S/C20H31N3O3.2ClH/c1-25-18-4-2-17(3-5-18)15-23-10-6-16(7-11-23)14-22-19(24)20(21)8-12-26-13-9-20;;/h2-5,16H,6-15,21H2,1H3,(H,22,24);2*1H. The average Bonchev–Trinajstić information content (AvgIpc) is 2.68. The second kappa shape index (κ2) is 11.8. The molecular formula is C20H33Cl2N3O3. The first kappa shape index (κ1) is 25.0. The van der Waals surface area contributed by atoms with Crippen molar-refractivity contribution in [2.24, 2.45) is 11.7 Å². The normalized spacial score (nSPS) is 19.8. The number of rotatable bonds is 6. The predicted molar refractivity (Wildman–Crippen MR) is 115 cm³/mol. The maximum atomic E-state index is 12.4. The monoisotopic (exact) mass is 433 g/mol. The summed E-state index contributed by atoms with van der Waals surface area (Å²) in [6.07, 6.45) is 3.44. The third-order valence-electron chi connectivity index (χ3n) is 5.66. The van der Waals surface area contributed by atoms with Crippen molar-refractivity contribution in [3.8, 4) is 5.75 Å². The van der Waals surface area contributed by atoms with Crippen molar-refractivity contribution in [3.63, 3.8) is 0 Å². The van der Waals surface area contributed by atoms with E-state index in [0.717, 1.165) is 44.8 Å². The van der Waals surface area contributed by atoms with E-state index in [1.54, 1.807) is 7.11 Å². The molecule has 28 heavy (non-hydrogen) atoms. The number of hydrogen-bond donors (Lipinski definition) is 2. The molecule has 0 atom stereocenters. The fourth-order valence-corrected chi connectivity index (χ4v) is 3.71. The first-order valence-corrected chi connectivity index (χ1v) is 9.59. The van der Waals surface area contributed by atoms with Crippen molar-refractivity contribution in [1.29, 1.82) is 0 Å². The number of likely N-dealkylation sites (tertiary alicyclic amines) is 1. The predicted octanol–water partition coefficient (Wildman–Crippen LogP) is 2.37. The third-order valence-corrected chi connectivity index (χ3v) is 5.66. The zero-order valence-electron chi connectivity index (χ0n) is 16.5. The van der Waals surface area contributed by atoms with Crippen LogP contribution in [-0.4, -0.2) is 56.3 Å². The van der Waals surface area contributed by atoms with Crippen molar-refractivity contribution in [1.82, 2.24) is 10.2 Å². The van der Waals surface area contributed by atoms with E-state index >= 15 is 0 Å². The Morgan fingerprint density at radius 2 is 1.82 bits per heavy atom. The van der Waals surface area contributed by atoms with E-state index in [2.05, 4.69) is 22.3 Å². The highest BCUT2D eigenvalue weighted by atomic mass is 35.5. The summed E-state index contributed by atoms with van der Waals surface area (Å²) in [7, 11) is 1.69. The highest BCUT2D eigenvalue weighted by molar-refractivity contribution is 5.86. The molecule has 0 aromatic heterocycles. The molecule has 3 N–H and O–H groups in total. The number of halogens is 2. The molecule has 1 aromatic carbocycles. The van der Waals surface area contributed by atoms with Gasteiger partial charge in [-0.25, -0.2) is 0 Å². The molecule has 0 unspecified atom stereocenters. The lowest BCUT2D eigenvalue weighted by molar-refractivity contribution is -0.130. The smallest absolute Gasteiger partial charge is 0.240 e. The van der Waals surface area contributed by atoms with Gasteiger partial charge in [0.1, 0.15) is 5.75 Å². The molecule has 0 aliphatic carbocycles. The minimum atomic E-state index is -0.743. The molecular weight excluding hydrogens is 401 g/mol. The Morgan fingerprint density at radius 1 is 1.21 bits per heavy atom. The molecule has 1 amide bonds. The fraction of sp³-hybridized carbons (Fsp3) is 0.650. The Hall–Kier alpha value is -1.05. The van der Waals surface area contributed by atoms with E-state index in [1.807, 2.05) is 12.1 Å². The fourth-order valence-electron chi connectivity index (χ4n) is 3.71. The summed E-state index contributed by atoms with van der Waals surface area (Å²) >= 11 is 0. The van der Waals surface area contributed by atoms with Crippen LogP contribution in [0.15, 0.2) is 24.3 Å². The summed E-state index contributed by atoms with van der Waals surface area (Å²) in [4.78, 5) is 14.9. The summed E-state index contributed by atoms with van der Waals surface area (Å²) in [5.74, 6) is 1.42. The summed E-state index contributed by atoms with van der Waals surface area (Å²) in [6, 6.07) is 8.27. The molecule has 2 fully saturated rings. The summed E-state index contributed by atoms with van der Waals surface area (Å²) < 4.78 is 10.5. The molecule has 1 aromatic rings. The number of carbonyl (C=O) groups is 1. The van der Waals surface area contributed by atoms with E-state index in [-0.39, 0.29) is 30.7 Å². The van der Waals surface area contributed by atoms with E-state index < -0.39 is 5.54 Å². The molecule has 160 valence electrons. The van der Waals surface area contributed by atoms with Gasteiger partial charge in [-0.1, -0.05) is 12.1 Å². The van der Waals surface area contributed by atoms with Gasteiger partial charge in [-0.15, -0.1) is 24.8 Å². The molecule has 6 nitrogen and oxygen atoms in total. The van der Waals surface area contributed by atoms with Crippen LogP contribution in [0.5, 0.6) is 5.75 Å². The van der Waals surface area contributed by atoms with Gasteiger partial charge in [-0.05, 0) is 62.4 Å². The quantitative estimate of drug-likeness (QED) is 0.719. The zero-order chi connectivity index (χ0) is 18.4. The van der Waals surface area contributed by atoms with E-state index in [9.17, 15) is 4.79 Å². The lowest BCUT2D eigenvalue weighted by atomic mass is 9.89. The van der Waals surface area contributed by atoms with Gasteiger partial charge in [0.05, 0.1) is 12.6 Å². The Balaban J connectivity index is 0.00000196. The average molecular weight is 434 g/mol. The first-order chi connectivity index (χ1) is 12.6. The zero-order valence-corrected chi connectivity index (χ0v) is 18.2. The largest absolute Gasteiger partial charge is 0.497 e. The first-order valence-electron chi connectivity index (χ1n) is 9.59. The molecule has 2 aliphatic heterocycles. The van der Waals surface area contributed by atoms with Crippen LogP contribution in [0.2, 0.25) is 0 Å². The molecule has 8 heteroatoms. The van der Waals surface area contributed by atoms with Crippen molar-refractivity contribution < 1.29 is 14.3 Å². The molecule has 2 aliphatic rings. The number of piperidine rings is 1. The van der Waals surface area contributed by atoms with Gasteiger partial charge >= 0.3 is 0 Å². The van der Waals surface area contributed by atoms with Crippen molar-refractivity contribution in [2.45, 2.75) is 37.8 Å². The maximum absolute atomic E-state index is 12.4. The molecule has 0 radical (unpaired) electrons. The highest BCUT2D eigenvalue weighted by Crippen LogP contribution is 2.21. The number of benzene rings is 1. The van der Waals surface area contributed by atoms with E-state index in [1.165, 1.54) is 5.56 Å². The van der Waals surface area contributed by atoms with Crippen LogP contribution in [0.4, 0.5) is 0 Å².